The van der Waals surface area contributed by atoms with Crippen LogP contribution in [0.5, 0.6) is 0 Å². The molecule has 1 aliphatic heterocycles. The highest BCUT2D eigenvalue weighted by molar-refractivity contribution is 6.35. The Balaban J connectivity index is 1.76. The summed E-state index contributed by atoms with van der Waals surface area (Å²) in [7, 11) is 0. The number of anilines is 1. The fourth-order valence-corrected chi connectivity index (χ4v) is 2.96. The van der Waals surface area contributed by atoms with Crippen molar-refractivity contribution < 1.29 is 14.3 Å². The molecule has 25 heavy (non-hydrogen) atoms. The molecule has 8 heteroatoms. The molecular weight excluding hydrogens is 365 g/mol. The minimum atomic E-state index is -0.449. The van der Waals surface area contributed by atoms with Crippen molar-refractivity contribution in [2.45, 2.75) is 0 Å². The molecule has 6 nitrogen and oxygen atoms in total. The van der Waals surface area contributed by atoms with Crippen LogP contribution in [0.3, 0.4) is 0 Å². The van der Waals surface area contributed by atoms with Gasteiger partial charge in [0.1, 0.15) is 11.4 Å². The largest absolute Gasteiger partial charge is 0.378 e. The van der Waals surface area contributed by atoms with E-state index in [0.29, 0.717) is 42.0 Å². The molecule has 3 rings (SSSR count). The SMILES string of the molecule is O=C(Nc1cc(Cl)cc(Cl)c1)c1cccc(C(=O)N2CCOCC2)n1. The number of ether oxygens (including phenoxy) is 1. The summed E-state index contributed by atoms with van der Waals surface area (Å²) in [6, 6.07) is 9.48. The highest BCUT2D eigenvalue weighted by atomic mass is 35.5. The summed E-state index contributed by atoms with van der Waals surface area (Å²) in [4.78, 5) is 30.7. The lowest BCUT2D eigenvalue weighted by atomic mass is 10.2. The quantitative estimate of drug-likeness (QED) is 0.888. The Labute approximate surface area is 154 Å². The molecule has 1 N–H and O–H groups in total. The Kier molecular flexibility index (Phi) is 5.53. The molecule has 0 bridgehead atoms. The van der Waals surface area contributed by atoms with Crippen LogP contribution in [0.4, 0.5) is 5.69 Å². The smallest absolute Gasteiger partial charge is 0.274 e. The Hall–Kier alpha value is -2.15. The van der Waals surface area contributed by atoms with Gasteiger partial charge in [0, 0.05) is 28.8 Å². The van der Waals surface area contributed by atoms with Gasteiger partial charge < -0.3 is 15.0 Å². The van der Waals surface area contributed by atoms with Crippen molar-refractivity contribution in [3.8, 4) is 0 Å². The highest BCUT2D eigenvalue weighted by Crippen LogP contribution is 2.22. The van der Waals surface area contributed by atoms with E-state index in [4.69, 9.17) is 27.9 Å². The topological polar surface area (TPSA) is 71.5 Å². The van der Waals surface area contributed by atoms with Gasteiger partial charge in [0.25, 0.3) is 11.8 Å². The van der Waals surface area contributed by atoms with Gasteiger partial charge in [-0.25, -0.2) is 4.98 Å². The lowest BCUT2D eigenvalue weighted by molar-refractivity contribution is 0.0299. The molecule has 2 heterocycles. The van der Waals surface area contributed by atoms with Crippen molar-refractivity contribution in [1.29, 1.82) is 0 Å². The van der Waals surface area contributed by atoms with E-state index >= 15 is 0 Å². The van der Waals surface area contributed by atoms with E-state index in [0.717, 1.165) is 0 Å². The third-order valence-electron chi connectivity index (χ3n) is 3.62. The van der Waals surface area contributed by atoms with E-state index in [9.17, 15) is 9.59 Å². The molecule has 0 spiro atoms. The predicted octanol–water partition coefficient (Wildman–Crippen LogP) is 3.11. The van der Waals surface area contributed by atoms with Crippen molar-refractivity contribution in [1.82, 2.24) is 9.88 Å². The van der Waals surface area contributed by atoms with Crippen molar-refractivity contribution in [3.05, 3.63) is 57.8 Å². The van der Waals surface area contributed by atoms with Crippen LogP contribution in [0.25, 0.3) is 0 Å². The first kappa shape index (κ1) is 17.7. The molecule has 0 atom stereocenters. The maximum Gasteiger partial charge on any atom is 0.274 e. The number of aromatic nitrogens is 1. The van der Waals surface area contributed by atoms with Gasteiger partial charge >= 0.3 is 0 Å². The van der Waals surface area contributed by atoms with Crippen LogP contribution < -0.4 is 5.32 Å². The summed E-state index contributed by atoms with van der Waals surface area (Å²) in [5, 5.41) is 3.49. The van der Waals surface area contributed by atoms with Crippen LogP contribution in [0.2, 0.25) is 10.0 Å². The minimum Gasteiger partial charge on any atom is -0.378 e. The zero-order valence-electron chi connectivity index (χ0n) is 13.2. The third kappa shape index (κ3) is 4.48. The zero-order valence-corrected chi connectivity index (χ0v) is 14.7. The molecule has 0 saturated carbocycles. The molecule has 1 fully saturated rings. The molecule has 1 aromatic heterocycles. The maximum atomic E-state index is 12.5. The Morgan fingerprint density at radius 3 is 2.36 bits per heavy atom. The number of nitrogens with one attached hydrogen (secondary N) is 1. The van der Waals surface area contributed by atoms with Crippen LogP contribution in [0.15, 0.2) is 36.4 Å². The number of hydrogen-bond donors (Lipinski definition) is 1. The number of morpholine rings is 1. The van der Waals surface area contributed by atoms with Crippen molar-refractivity contribution >= 4 is 40.7 Å². The lowest BCUT2D eigenvalue weighted by Gasteiger charge is -2.26. The van der Waals surface area contributed by atoms with Crippen molar-refractivity contribution in [2.75, 3.05) is 31.6 Å². The van der Waals surface area contributed by atoms with Gasteiger partial charge in [-0.1, -0.05) is 29.3 Å². The standard InChI is InChI=1S/C17H15Cl2N3O3/c18-11-8-12(19)10-13(9-11)20-16(23)14-2-1-3-15(21-14)17(24)22-4-6-25-7-5-22/h1-3,8-10H,4-7H2,(H,20,23). The van der Waals surface area contributed by atoms with Crippen molar-refractivity contribution in [2.24, 2.45) is 0 Å². The molecule has 0 unspecified atom stereocenters. The summed E-state index contributed by atoms with van der Waals surface area (Å²) in [6.07, 6.45) is 0. The maximum absolute atomic E-state index is 12.5. The second kappa shape index (κ2) is 7.82. The lowest BCUT2D eigenvalue weighted by Crippen LogP contribution is -2.41. The van der Waals surface area contributed by atoms with Gasteiger partial charge in [-0.2, -0.15) is 0 Å². The number of halogens is 2. The average molecular weight is 380 g/mol. The van der Waals surface area contributed by atoms with Gasteiger partial charge in [0.2, 0.25) is 0 Å². The average Bonchev–Trinajstić information content (AvgIpc) is 2.61. The van der Waals surface area contributed by atoms with Crippen molar-refractivity contribution in [3.63, 3.8) is 0 Å². The highest BCUT2D eigenvalue weighted by Gasteiger charge is 2.20. The fourth-order valence-electron chi connectivity index (χ4n) is 2.43. The molecule has 1 aromatic carbocycles. The monoisotopic (exact) mass is 379 g/mol. The number of rotatable bonds is 3. The molecule has 1 aliphatic rings. The normalized spacial score (nSPS) is 14.2. The summed E-state index contributed by atoms with van der Waals surface area (Å²) < 4.78 is 5.23. The first-order valence-corrected chi connectivity index (χ1v) is 8.40. The molecule has 0 radical (unpaired) electrons. The number of carbonyl (C=O) groups excluding carboxylic acids is 2. The number of hydrogen-bond acceptors (Lipinski definition) is 4. The van der Waals surface area contributed by atoms with E-state index in [1.807, 2.05) is 0 Å². The van der Waals surface area contributed by atoms with Crippen LogP contribution >= 0.6 is 23.2 Å². The van der Waals surface area contributed by atoms with E-state index < -0.39 is 5.91 Å². The number of pyridine rings is 1. The summed E-state index contributed by atoms with van der Waals surface area (Å²) in [5.74, 6) is -0.668. The van der Waals surface area contributed by atoms with Crippen LogP contribution in [-0.2, 0) is 4.74 Å². The Morgan fingerprint density at radius 2 is 1.68 bits per heavy atom. The minimum absolute atomic E-state index is 0.134. The number of carbonyl (C=O) groups is 2. The molecule has 1 saturated heterocycles. The van der Waals surface area contributed by atoms with Gasteiger partial charge in [-0.15, -0.1) is 0 Å². The zero-order chi connectivity index (χ0) is 17.8. The second-order valence-corrected chi connectivity index (χ2v) is 6.30. The number of amides is 2. The summed E-state index contributed by atoms with van der Waals surface area (Å²) in [5.41, 5.74) is 0.808. The first-order valence-electron chi connectivity index (χ1n) is 7.64. The second-order valence-electron chi connectivity index (χ2n) is 5.42. The molecule has 0 aliphatic carbocycles. The van der Waals surface area contributed by atoms with Gasteiger partial charge in [-0.3, -0.25) is 9.59 Å². The molecular formula is C17H15Cl2N3O3. The first-order chi connectivity index (χ1) is 12.0. The summed E-state index contributed by atoms with van der Waals surface area (Å²) >= 11 is 11.8. The molecule has 2 aromatic rings. The Morgan fingerprint density at radius 1 is 1.04 bits per heavy atom. The summed E-state index contributed by atoms with van der Waals surface area (Å²) in [6.45, 7) is 2.03. The van der Waals surface area contributed by atoms with Gasteiger partial charge in [0.05, 0.1) is 13.2 Å². The fraction of sp³-hybridized carbons (Fsp3) is 0.235. The van der Waals surface area contributed by atoms with E-state index in [1.54, 1.807) is 35.2 Å². The van der Waals surface area contributed by atoms with E-state index in [-0.39, 0.29) is 17.3 Å². The van der Waals surface area contributed by atoms with Gasteiger partial charge in [-0.05, 0) is 30.3 Å². The van der Waals surface area contributed by atoms with E-state index in [2.05, 4.69) is 10.3 Å². The van der Waals surface area contributed by atoms with Gasteiger partial charge in [0.15, 0.2) is 0 Å². The Bertz CT molecular complexity index is 787. The van der Waals surface area contributed by atoms with Crippen LogP contribution in [-0.4, -0.2) is 48.0 Å². The number of benzene rings is 1. The van der Waals surface area contributed by atoms with E-state index in [1.165, 1.54) is 6.07 Å². The van der Waals surface area contributed by atoms with Crippen LogP contribution in [0, 0.1) is 0 Å². The molecule has 130 valence electrons. The third-order valence-corrected chi connectivity index (χ3v) is 4.06. The number of nitrogens with zero attached hydrogens (tertiary/aromatic N) is 2. The predicted molar refractivity (Wildman–Crippen MR) is 95.4 cm³/mol. The van der Waals surface area contributed by atoms with Crippen LogP contribution in [0.1, 0.15) is 21.0 Å². The molecule has 2 amide bonds.